The maximum Gasteiger partial charge on any atom is 0.0331 e. The highest BCUT2D eigenvalue weighted by molar-refractivity contribution is 9.11. The van der Waals surface area contributed by atoms with Crippen molar-refractivity contribution < 1.29 is 0 Å². The molecule has 0 bridgehead atoms. The van der Waals surface area contributed by atoms with E-state index in [0.29, 0.717) is 6.04 Å². The minimum Gasteiger partial charge on any atom is -0.310 e. The maximum atomic E-state index is 3.63. The Kier molecular flexibility index (Phi) is 4.23. The van der Waals surface area contributed by atoms with Crippen LogP contribution in [0.1, 0.15) is 37.3 Å². The van der Waals surface area contributed by atoms with Gasteiger partial charge in [-0.3, -0.25) is 0 Å². The number of halogens is 2. The molecule has 0 aliphatic carbocycles. The minimum atomic E-state index is 0.513. The van der Waals surface area contributed by atoms with Crippen molar-refractivity contribution in [1.29, 1.82) is 0 Å². The van der Waals surface area contributed by atoms with Crippen molar-refractivity contribution in [3.05, 3.63) is 32.7 Å². The van der Waals surface area contributed by atoms with Gasteiger partial charge in [-0.25, -0.2) is 0 Å². The Morgan fingerprint density at radius 1 is 1.13 bits per heavy atom. The van der Waals surface area contributed by atoms with Crippen LogP contribution < -0.4 is 5.32 Å². The van der Waals surface area contributed by atoms with Gasteiger partial charge in [-0.15, -0.1) is 0 Å². The summed E-state index contributed by atoms with van der Waals surface area (Å²) in [6.45, 7) is 1.14. The molecule has 82 valence electrons. The summed E-state index contributed by atoms with van der Waals surface area (Å²) in [5.74, 6) is 0. The second kappa shape index (κ2) is 5.46. The first-order valence-corrected chi connectivity index (χ1v) is 7.04. The Balaban J connectivity index is 2.22. The fraction of sp³-hybridized carbons (Fsp3) is 0.500. The van der Waals surface area contributed by atoms with Gasteiger partial charge in [0, 0.05) is 15.0 Å². The highest BCUT2D eigenvalue weighted by Gasteiger charge is 2.16. The lowest BCUT2D eigenvalue weighted by Crippen LogP contribution is -2.20. The molecule has 15 heavy (non-hydrogen) atoms. The summed E-state index contributed by atoms with van der Waals surface area (Å²) in [6.07, 6.45) is 5.24. The molecule has 3 heteroatoms. The quantitative estimate of drug-likeness (QED) is 0.802. The number of benzene rings is 1. The van der Waals surface area contributed by atoms with Crippen molar-refractivity contribution in [2.45, 2.75) is 31.7 Å². The van der Waals surface area contributed by atoms with Gasteiger partial charge in [-0.2, -0.15) is 0 Å². The van der Waals surface area contributed by atoms with Crippen LogP contribution in [-0.4, -0.2) is 6.54 Å². The molecule has 1 fully saturated rings. The Bertz CT molecular complexity index is 330. The van der Waals surface area contributed by atoms with Crippen LogP contribution in [0, 0.1) is 0 Å². The van der Waals surface area contributed by atoms with E-state index in [1.54, 1.807) is 0 Å². The first-order valence-electron chi connectivity index (χ1n) is 5.46. The lowest BCUT2D eigenvalue weighted by Gasteiger charge is -2.18. The molecular weight excluding hydrogens is 318 g/mol. The summed E-state index contributed by atoms with van der Waals surface area (Å²) in [5.41, 5.74) is 1.38. The van der Waals surface area contributed by atoms with Gasteiger partial charge in [0.15, 0.2) is 0 Å². The van der Waals surface area contributed by atoms with Crippen LogP contribution in [-0.2, 0) is 0 Å². The standard InChI is InChI=1S/C12H15Br2N/c13-9-5-6-11(14)10(8-9)12-4-2-1-3-7-15-12/h5-6,8,12,15H,1-4,7H2. The second-order valence-corrected chi connectivity index (χ2v) is 5.79. The summed E-state index contributed by atoms with van der Waals surface area (Å²) < 4.78 is 2.37. The summed E-state index contributed by atoms with van der Waals surface area (Å²) >= 11 is 7.16. The Morgan fingerprint density at radius 3 is 2.87 bits per heavy atom. The minimum absolute atomic E-state index is 0.513. The smallest absolute Gasteiger partial charge is 0.0331 e. The Morgan fingerprint density at radius 2 is 2.00 bits per heavy atom. The zero-order valence-corrected chi connectivity index (χ0v) is 11.8. The van der Waals surface area contributed by atoms with Crippen LogP contribution in [0.3, 0.4) is 0 Å². The lowest BCUT2D eigenvalue weighted by atomic mass is 10.0. The first-order chi connectivity index (χ1) is 7.27. The van der Waals surface area contributed by atoms with Crippen LogP contribution >= 0.6 is 31.9 Å². The summed E-state index contributed by atoms with van der Waals surface area (Å²) in [7, 11) is 0. The van der Waals surface area contributed by atoms with Crippen molar-refractivity contribution in [1.82, 2.24) is 5.32 Å². The van der Waals surface area contributed by atoms with Crippen LogP contribution in [0.15, 0.2) is 27.1 Å². The van der Waals surface area contributed by atoms with E-state index in [1.807, 2.05) is 0 Å². The van der Waals surface area contributed by atoms with Crippen LogP contribution in [0.2, 0.25) is 0 Å². The molecule has 1 saturated heterocycles. The van der Waals surface area contributed by atoms with E-state index >= 15 is 0 Å². The first kappa shape index (κ1) is 11.6. The fourth-order valence-corrected chi connectivity index (χ4v) is 2.98. The zero-order valence-electron chi connectivity index (χ0n) is 8.60. The highest BCUT2D eigenvalue weighted by Crippen LogP contribution is 2.30. The normalized spacial score (nSPS) is 22.4. The second-order valence-electron chi connectivity index (χ2n) is 4.02. The molecule has 1 aromatic rings. The molecule has 1 N–H and O–H groups in total. The molecule has 1 unspecified atom stereocenters. The van der Waals surface area contributed by atoms with E-state index in [2.05, 4.69) is 55.4 Å². The van der Waals surface area contributed by atoms with Gasteiger partial charge in [-0.05, 0) is 43.1 Å². The fourth-order valence-electron chi connectivity index (χ4n) is 2.08. The third kappa shape index (κ3) is 3.05. The average Bonchev–Trinajstić information content (AvgIpc) is 2.50. The molecule has 1 nitrogen and oxygen atoms in total. The zero-order chi connectivity index (χ0) is 10.7. The number of hydrogen-bond acceptors (Lipinski definition) is 1. The van der Waals surface area contributed by atoms with Crippen LogP contribution in [0.25, 0.3) is 0 Å². The Labute approximate surface area is 108 Å². The molecule has 2 rings (SSSR count). The van der Waals surface area contributed by atoms with Crippen LogP contribution in [0.5, 0.6) is 0 Å². The maximum absolute atomic E-state index is 3.63. The largest absolute Gasteiger partial charge is 0.310 e. The van der Waals surface area contributed by atoms with Gasteiger partial charge in [0.05, 0.1) is 0 Å². The molecule has 1 aliphatic heterocycles. The third-order valence-corrected chi connectivity index (χ3v) is 4.11. The predicted molar refractivity (Wildman–Crippen MR) is 71.1 cm³/mol. The van der Waals surface area contributed by atoms with Gasteiger partial charge in [-0.1, -0.05) is 44.7 Å². The van der Waals surface area contributed by atoms with E-state index in [4.69, 9.17) is 0 Å². The molecule has 1 aromatic carbocycles. The molecule has 0 amide bonds. The van der Waals surface area contributed by atoms with Gasteiger partial charge in [0.2, 0.25) is 0 Å². The molecule has 0 aromatic heterocycles. The monoisotopic (exact) mass is 331 g/mol. The van der Waals surface area contributed by atoms with E-state index in [-0.39, 0.29) is 0 Å². The van der Waals surface area contributed by atoms with Gasteiger partial charge < -0.3 is 5.32 Å². The third-order valence-electron chi connectivity index (χ3n) is 2.89. The Hall–Kier alpha value is 0.140. The van der Waals surface area contributed by atoms with Crippen molar-refractivity contribution in [3.63, 3.8) is 0 Å². The molecule has 1 aliphatic rings. The van der Waals surface area contributed by atoms with Crippen LogP contribution in [0.4, 0.5) is 0 Å². The van der Waals surface area contributed by atoms with Crippen molar-refractivity contribution >= 4 is 31.9 Å². The highest BCUT2D eigenvalue weighted by atomic mass is 79.9. The molecule has 0 saturated carbocycles. The van der Waals surface area contributed by atoms with Gasteiger partial charge in [0.1, 0.15) is 0 Å². The summed E-state index contributed by atoms with van der Waals surface area (Å²) in [6, 6.07) is 6.92. The predicted octanol–water partition coefficient (Wildman–Crippen LogP) is 4.42. The number of nitrogens with one attached hydrogen (secondary N) is 1. The summed E-state index contributed by atoms with van der Waals surface area (Å²) in [4.78, 5) is 0. The van der Waals surface area contributed by atoms with E-state index in [9.17, 15) is 0 Å². The molecule has 1 atom stereocenters. The SMILES string of the molecule is Brc1ccc(Br)c(C2CCCCCN2)c1. The molecule has 1 heterocycles. The van der Waals surface area contributed by atoms with E-state index in [1.165, 1.54) is 35.7 Å². The van der Waals surface area contributed by atoms with Crippen molar-refractivity contribution in [3.8, 4) is 0 Å². The van der Waals surface area contributed by atoms with Gasteiger partial charge in [0.25, 0.3) is 0 Å². The topological polar surface area (TPSA) is 12.0 Å². The molecular formula is C12H15Br2N. The molecule has 0 radical (unpaired) electrons. The van der Waals surface area contributed by atoms with Crippen molar-refractivity contribution in [2.75, 3.05) is 6.54 Å². The molecule has 0 spiro atoms. The summed E-state index contributed by atoms with van der Waals surface area (Å²) in [5, 5.41) is 3.62. The van der Waals surface area contributed by atoms with E-state index in [0.717, 1.165) is 11.0 Å². The van der Waals surface area contributed by atoms with E-state index < -0.39 is 0 Å². The number of hydrogen-bond donors (Lipinski definition) is 1. The van der Waals surface area contributed by atoms with Gasteiger partial charge >= 0.3 is 0 Å². The lowest BCUT2D eigenvalue weighted by molar-refractivity contribution is 0.533. The average molecular weight is 333 g/mol. The van der Waals surface area contributed by atoms with Crippen molar-refractivity contribution in [2.24, 2.45) is 0 Å². The number of rotatable bonds is 1.